The average molecular weight is 470 g/mol. The number of carbonyl (C=O) groups excluding carboxylic acids is 3. The van der Waals surface area contributed by atoms with Gasteiger partial charge in [0.05, 0.1) is 11.3 Å². The van der Waals surface area contributed by atoms with Crippen molar-refractivity contribution in [3.8, 4) is 5.75 Å². The van der Waals surface area contributed by atoms with Crippen LogP contribution in [0.15, 0.2) is 78.4 Å². The molecule has 1 heterocycles. The van der Waals surface area contributed by atoms with Gasteiger partial charge < -0.3 is 9.84 Å². The van der Waals surface area contributed by atoms with Gasteiger partial charge in [0.15, 0.2) is 0 Å². The minimum atomic E-state index is -1.01. The van der Waals surface area contributed by atoms with E-state index in [0.29, 0.717) is 29.0 Å². The number of aryl methyl sites for hydroxylation is 1. The lowest BCUT2D eigenvalue weighted by molar-refractivity contribution is -0.122. The molecule has 0 aliphatic carbocycles. The zero-order chi connectivity index (χ0) is 24.9. The summed E-state index contributed by atoms with van der Waals surface area (Å²) in [6, 6.07) is 19.4. The van der Waals surface area contributed by atoms with E-state index in [1.807, 2.05) is 19.1 Å². The van der Waals surface area contributed by atoms with Gasteiger partial charge in [0.1, 0.15) is 17.9 Å². The predicted molar refractivity (Wildman–Crippen MR) is 129 cm³/mol. The summed E-state index contributed by atoms with van der Waals surface area (Å²) in [7, 11) is 0. The molecular weight excluding hydrogens is 448 g/mol. The summed E-state index contributed by atoms with van der Waals surface area (Å²) in [6.07, 6.45) is 2.04. The molecule has 2 N–H and O–H groups in total. The number of imide groups is 2. The summed E-state index contributed by atoms with van der Waals surface area (Å²) in [6.45, 7) is 2.09. The van der Waals surface area contributed by atoms with Crippen LogP contribution in [0.2, 0.25) is 0 Å². The highest BCUT2D eigenvalue weighted by Gasteiger charge is 2.37. The number of aromatic carboxylic acids is 1. The van der Waals surface area contributed by atoms with E-state index in [1.165, 1.54) is 18.2 Å². The van der Waals surface area contributed by atoms with Crippen molar-refractivity contribution in [3.63, 3.8) is 0 Å². The monoisotopic (exact) mass is 470 g/mol. The highest BCUT2D eigenvalue weighted by molar-refractivity contribution is 6.39. The van der Waals surface area contributed by atoms with Crippen molar-refractivity contribution in [2.24, 2.45) is 0 Å². The molecule has 4 rings (SSSR count). The minimum absolute atomic E-state index is 0.158. The zero-order valence-electron chi connectivity index (χ0n) is 18.9. The molecule has 0 aromatic heterocycles. The molecule has 0 spiro atoms. The van der Waals surface area contributed by atoms with Gasteiger partial charge in [-0.3, -0.25) is 14.9 Å². The van der Waals surface area contributed by atoms with Gasteiger partial charge in [0.2, 0.25) is 0 Å². The molecule has 176 valence electrons. The highest BCUT2D eigenvalue weighted by atomic mass is 16.5. The summed E-state index contributed by atoms with van der Waals surface area (Å²) in [5.74, 6) is -1.94. The van der Waals surface area contributed by atoms with Crippen molar-refractivity contribution >= 4 is 35.6 Å². The molecule has 3 aromatic carbocycles. The smallest absolute Gasteiger partial charge is 0.335 e. The maximum absolute atomic E-state index is 13.1. The molecule has 1 aliphatic heterocycles. The quantitative estimate of drug-likeness (QED) is 0.395. The Morgan fingerprint density at radius 1 is 1.00 bits per heavy atom. The first-order chi connectivity index (χ1) is 16.9. The molecule has 0 radical (unpaired) electrons. The summed E-state index contributed by atoms with van der Waals surface area (Å²) in [4.78, 5) is 50.1. The van der Waals surface area contributed by atoms with E-state index in [-0.39, 0.29) is 17.7 Å². The third-order valence-electron chi connectivity index (χ3n) is 5.49. The number of carboxylic acid groups (broad SMARTS) is 1. The van der Waals surface area contributed by atoms with Gasteiger partial charge in [-0.05, 0) is 59.5 Å². The van der Waals surface area contributed by atoms with Crippen molar-refractivity contribution in [1.29, 1.82) is 0 Å². The van der Waals surface area contributed by atoms with E-state index < -0.39 is 23.8 Å². The Morgan fingerprint density at radius 3 is 2.46 bits per heavy atom. The van der Waals surface area contributed by atoms with Crippen molar-refractivity contribution < 1.29 is 29.0 Å². The first-order valence-corrected chi connectivity index (χ1v) is 10.9. The standard InChI is InChI=1S/C27H22N2O6/c1-2-19-7-3-4-9-23(19)29-25(31)22(24(30)28-27(29)34)15-17-10-12-21(13-11-17)35-16-18-6-5-8-20(14-18)26(32)33/h3-15H,2,16H2,1H3,(H,32,33)(H,28,30,34)/b22-15+. The summed E-state index contributed by atoms with van der Waals surface area (Å²) in [5.41, 5.74) is 2.54. The number of nitrogens with zero attached hydrogens (tertiary/aromatic N) is 1. The Labute approximate surface area is 201 Å². The number of benzene rings is 3. The molecule has 8 nitrogen and oxygen atoms in total. The highest BCUT2D eigenvalue weighted by Crippen LogP contribution is 2.26. The molecule has 0 unspecified atom stereocenters. The Morgan fingerprint density at radius 2 is 1.74 bits per heavy atom. The van der Waals surface area contributed by atoms with E-state index in [9.17, 15) is 19.2 Å². The number of para-hydroxylation sites is 1. The van der Waals surface area contributed by atoms with Gasteiger partial charge in [-0.1, -0.05) is 49.4 Å². The van der Waals surface area contributed by atoms with Crippen LogP contribution in [0.25, 0.3) is 6.08 Å². The van der Waals surface area contributed by atoms with Crippen molar-refractivity contribution in [2.45, 2.75) is 20.0 Å². The number of amides is 4. The second-order valence-electron chi connectivity index (χ2n) is 7.80. The molecule has 1 fully saturated rings. The minimum Gasteiger partial charge on any atom is -0.489 e. The van der Waals surface area contributed by atoms with Gasteiger partial charge >= 0.3 is 12.0 Å². The molecular formula is C27H22N2O6. The van der Waals surface area contributed by atoms with Gasteiger partial charge in [-0.25, -0.2) is 14.5 Å². The van der Waals surface area contributed by atoms with Crippen LogP contribution in [-0.4, -0.2) is 28.9 Å². The molecule has 0 bridgehead atoms. The van der Waals surface area contributed by atoms with Gasteiger partial charge in [-0.2, -0.15) is 0 Å². The first kappa shape index (κ1) is 23.4. The summed E-state index contributed by atoms with van der Waals surface area (Å²) >= 11 is 0. The number of urea groups is 1. The predicted octanol–water partition coefficient (Wildman–Crippen LogP) is 4.19. The van der Waals surface area contributed by atoms with Crippen molar-refractivity contribution in [3.05, 3.63) is 101 Å². The molecule has 35 heavy (non-hydrogen) atoms. The third-order valence-corrected chi connectivity index (χ3v) is 5.49. The Bertz CT molecular complexity index is 1340. The topological polar surface area (TPSA) is 113 Å². The van der Waals surface area contributed by atoms with Crippen LogP contribution in [0.3, 0.4) is 0 Å². The maximum Gasteiger partial charge on any atom is 0.335 e. The lowest BCUT2D eigenvalue weighted by Crippen LogP contribution is -2.54. The second kappa shape index (κ2) is 10.0. The van der Waals surface area contributed by atoms with Crippen LogP contribution in [-0.2, 0) is 22.6 Å². The number of hydrogen-bond donors (Lipinski definition) is 2. The molecule has 4 amide bonds. The van der Waals surface area contributed by atoms with Crippen LogP contribution in [0, 0.1) is 0 Å². The van der Waals surface area contributed by atoms with Gasteiger partial charge in [-0.15, -0.1) is 0 Å². The number of carbonyl (C=O) groups is 4. The SMILES string of the molecule is CCc1ccccc1N1C(=O)NC(=O)/C(=C\c2ccc(OCc3cccc(C(=O)O)c3)cc2)C1=O. The number of ether oxygens (including phenoxy) is 1. The normalized spacial score (nSPS) is 14.7. The van der Waals surface area contributed by atoms with Crippen molar-refractivity contribution in [1.82, 2.24) is 5.32 Å². The lowest BCUT2D eigenvalue weighted by Gasteiger charge is -2.27. The van der Waals surface area contributed by atoms with Crippen LogP contribution >= 0.6 is 0 Å². The number of rotatable bonds is 7. The van der Waals surface area contributed by atoms with Gasteiger partial charge in [0.25, 0.3) is 11.8 Å². The lowest BCUT2D eigenvalue weighted by atomic mass is 10.0. The molecule has 1 saturated heterocycles. The molecule has 0 saturated carbocycles. The van der Waals surface area contributed by atoms with Crippen molar-refractivity contribution in [2.75, 3.05) is 4.90 Å². The fourth-order valence-electron chi connectivity index (χ4n) is 3.69. The largest absolute Gasteiger partial charge is 0.489 e. The van der Waals surface area contributed by atoms with E-state index >= 15 is 0 Å². The molecule has 8 heteroatoms. The fourth-order valence-corrected chi connectivity index (χ4v) is 3.69. The second-order valence-corrected chi connectivity index (χ2v) is 7.80. The van der Waals surface area contributed by atoms with Crippen LogP contribution in [0.4, 0.5) is 10.5 Å². The summed E-state index contributed by atoms with van der Waals surface area (Å²) in [5, 5.41) is 11.3. The van der Waals surface area contributed by atoms with Crippen LogP contribution < -0.4 is 15.0 Å². The molecule has 1 aliphatic rings. The summed E-state index contributed by atoms with van der Waals surface area (Å²) < 4.78 is 5.72. The Kier molecular flexibility index (Phi) is 6.73. The van der Waals surface area contributed by atoms with E-state index in [1.54, 1.807) is 48.5 Å². The number of nitrogens with one attached hydrogen (secondary N) is 1. The Balaban J connectivity index is 1.52. The van der Waals surface area contributed by atoms with E-state index in [0.717, 1.165) is 10.5 Å². The van der Waals surface area contributed by atoms with Crippen LogP contribution in [0.5, 0.6) is 5.75 Å². The average Bonchev–Trinajstić information content (AvgIpc) is 2.86. The van der Waals surface area contributed by atoms with Gasteiger partial charge in [0, 0.05) is 0 Å². The number of hydrogen-bond acceptors (Lipinski definition) is 5. The number of carboxylic acids is 1. The Hall–Kier alpha value is -4.72. The van der Waals surface area contributed by atoms with Crippen LogP contribution in [0.1, 0.15) is 34.0 Å². The maximum atomic E-state index is 13.1. The molecule has 3 aromatic rings. The third kappa shape index (κ3) is 5.11. The number of barbiturate groups is 1. The number of anilines is 1. The fraction of sp³-hybridized carbons (Fsp3) is 0.111. The van der Waals surface area contributed by atoms with E-state index in [4.69, 9.17) is 9.84 Å². The first-order valence-electron chi connectivity index (χ1n) is 10.9. The molecule has 0 atom stereocenters. The zero-order valence-corrected chi connectivity index (χ0v) is 18.9. The van der Waals surface area contributed by atoms with E-state index in [2.05, 4.69) is 5.32 Å².